The molecule has 4 aromatic carbocycles. The molecule has 0 bridgehead atoms. The smallest absolute Gasteiger partial charge is 0.309 e. The van der Waals surface area contributed by atoms with Crippen LogP contribution in [0, 0.1) is 11.8 Å². The van der Waals surface area contributed by atoms with Gasteiger partial charge in [0.2, 0.25) is 14.7 Å². The molecule has 0 aromatic heterocycles. The lowest BCUT2D eigenvalue weighted by Gasteiger charge is -2.19. The maximum atomic E-state index is 13.0. The monoisotopic (exact) mass is 836 g/mol. The largest absolute Gasteiger partial charge is 0.481 e. The van der Waals surface area contributed by atoms with Crippen LogP contribution in [0.25, 0.3) is 0 Å². The minimum atomic E-state index is -3.61. The lowest BCUT2D eigenvalue weighted by molar-refractivity contribution is -0.151. The van der Waals surface area contributed by atoms with Crippen LogP contribution in [0.15, 0.2) is 121 Å². The van der Waals surface area contributed by atoms with E-state index in [2.05, 4.69) is 0 Å². The summed E-state index contributed by atoms with van der Waals surface area (Å²) in [7, 11) is -7.18. The summed E-state index contributed by atoms with van der Waals surface area (Å²) in [6, 6.07) is 37.8. The van der Waals surface area contributed by atoms with E-state index in [1.807, 2.05) is 121 Å². The van der Waals surface area contributed by atoms with Gasteiger partial charge in [0.15, 0.2) is 0 Å². The van der Waals surface area contributed by atoms with Crippen LogP contribution in [0.3, 0.4) is 0 Å². The Morgan fingerprint density at radius 2 is 0.897 bits per heavy atom. The molecule has 312 valence electrons. The maximum absolute atomic E-state index is 13.0. The van der Waals surface area contributed by atoms with Crippen LogP contribution in [0.2, 0.25) is 0 Å². The van der Waals surface area contributed by atoms with E-state index in [9.17, 15) is 38.1 Å². The molecular formula is C44H54O12P2. The maximum Gasteiger partial charge on any atom is 0.309 e. The number of aliphatic carboxylic acids is 2. The molecule has 0 aliphatic rings. The Morgan fingerprint density at radius 1 is 0.517 bits per heavy atom. The van der Waals surface area contributed by atoms with E-state index in [1.54, 1.807) is 0 Å². The summed E-state index contributed by atoms with van der Waals surface area (Å²) < 4.78 is 35.8. The highest BCUT2D eigenvalue weighted by atomic mass is 31.2. The highest BCUT2D eigenvalue weighted by molar-refractivity contribution is 7.58. The number of hydrogen-bond donors (Lipinski definition) is 4. The predicted molar refractivity (Wildman–Crippen MR) is 222 cm³/mol. The van der Waals surface area contributed by atoms with Crippen LogP contribution in [0.4, 0.5) is 0 Å². The lowest BCUT2D eigenvalue weighted by Crippen LogP contribution is -2.23. The van der Waals surface area contributed by atoms with Gasteiger partial charge in [0.25, 0.3) is 0 Å². The van der Waals surface area contributed by atoms with Crippen LogP contribution >= 0.6 is 14.7 Å². The van der Waals surface area contributed by atoms with Gasteiger partial charge in [-0.05, 0) is 60.8 Å². The normalized spacial score (nSPS) is 14.0. The number of carbonyl (C=O) groups is 4. The number of benzene rings is 4. The second-order valence-electron chi connectivity index (χ2n) is 14.1. The van der Waals surface area contributed by atoms with Crippen LogP contribution in [0.5, 0.6) is 0 Å². The molecule has 4 atom stereocenters. The van der Waals surface area contributed by atoms with Crippen molar-refractivity contribution in [2.24, 2.45) is 11.8 Å². The Hall–Kier alpha value is -4.86. The highest BCUT2D eigenvalue weighted by Crippen LogP contribution is 2.45. The zero-order chi connectivity index (χ0) is 42.2. The van der Waals surface area contributed by atoms with Crippen LogP contribution < -0.4 is 0 Å². The first-order chi connectivity index (χ1) is 27.7. The standard InChI is InChI=1S/C29H33O6P.C15H21O6P/c30-28(34-21-25-13-6-2-7-14-25)19-18-27(29(31)35-22-26-15-8-3-9-16-26)23-36(32,33)20-10-17-24-11-4-1-5-12-24;16-14(17)9-8-13(15(18)19)11-22(20,21)10-4-7-12-5-2-1-3-6-12/h1-9,11-16,27H,10,17-23H2,(H,32,33);1-3,5-6,13H,4,7-11H2,(H,16,17)(H,18,19)(H,20,21). The van der Waals surface area contributed by atoms with Gasteiger partial charge >= 0.3 is 23.9 Å². The van der Waals surface area contributed by atoms with Crippen molar-refractivity contribution in [3.8, 4) is 0 Å². The number of carbonyl (C=O) groups excluding carboxylic acids is 2. The van der Waals surface area contributed by atoms with Gasteiger partial charge in [-0.25, -0.2) is 0 Å². The molecule has 0 aliphatic carbocycles. The molecular weight excluding hydrogens is 782 g/mol. The molecule has 4 aromatic rings. The molecule has 4 N–H and O–H groups in total. The van der Waals surface area contributed by atoms with Crippen molar-refractivity contribution in [2.45, 2.75) is 64.6 Å². The molecule has 0 heterocycles. The van der Waals surface area contributed by atoms with Crippen molar-refractivity contribution in [1.29, 1.82) is 0 Å². The molecule has 0 fully saturated rings. The molecule has 0 amide bonds. The van der Waals surface area contributed by atoms with E-state index in [0.717, 1.165) is 22.3 Å². The van der Waals surface area contributed by atoms with Crippen molar-refractivity contribution in [2.75, 3.05) is 24.6 Å². The summed E-state index contributed by atoms with van der Waals surface area (Å²) in [6.07, 6.45) is 1.50. The summed E-state index contributed by atoms with van der Waals surface area (Å²) in [4.78, 5) is 67.3. The van der Waals surface area contributed by atoms with Gasteiger partial charge in [-0.15, -0.1) is 0 Å². The van der Waals surface area contributed by atoms with Gasteiger partial charge < -0.3 is 29.5 Å². The minimum absolute atomic E-state index is 0.0397. The van der Waals surface area contributed by atoms with E-state index < -0.39 is 50.5 Å². The van der Waals surface area contributed by atoms with Crippen LogP contribution in [-0.4, -0.2) is 68.5 Å². The first kappa shape index (κ1) is 47.5. The molecule has 14 heteroatoms. The van der Waals surface area contributed by atoms with Gasteiger partial charge in [0.1, 0.15) is 13.2 Å². The van der Waals surface area contributed by atoms with Crippen molar-refractivity contribution < 1.29 is 57.8 Å². The second-order valence-corrected chi connectivity index (χ2v) is 19.1. The van der Waals surface area contributed by atoms with Gasteiger partial charge in [0.05, 0.1) is 11.8 Å². The minimum Gasteiger partial charge on any atom is -0.481 e. The Kier molecular flexibility index (Phi) is 20.9. The lowest BCUT2D eigenvalue weighted by atomic mass is 10.1. The third-order valence-corrected chi connectivity index (χ3v) is 13.2. The molecule has 0 saturated heterocycles. The van der Waals surface area contributed by atoms with Crippen molar-refractivity contribution in [1.82, 2.24) is 0 Å². The highest BCUT2D eigenvalue weighted by Gasteiger charge is 2.31. The van der Waals surface area contributed by atoms with E-state index in [1.165, 1.54) is 0 Å². The average molecular weight is 837 g/mol. The van der Waals surface area contributed by atoms with Gasteiger partial charge in [-0.2, -0.15) is 0 Å². The topological polar surface area (TPSA) is 202 Å². The van der Waals surface area contributed by atoms with Gasteiger partial charge in [-0.3, -0.25) is 28.3 Å². The molecule has 12 nitrogen and oxygen atoms in total. The number of ether oxygens (including phenoxy) is 2. The quantitative estimate of drug-likeness (QED) is 0.0390. The Labute approximate surface area is 340 Å². The summed E-state index contributed by atoms with van der Waals surface area (Å²) in [5.41, 5.74) is 3.84. The summed E-state index contributed by atoms with van der Waals surface area (Å²) >= 11 is 0. The molecule has 0 radical (unpaired) electrons. The van der Waals surface area contributed by atoms with E-state index in [-0.39, 0.29) is 63.5 Å². The van der Waals surface area contributed by atoms with Gasteiger partial charge in [-0.1, -0.05) is 121 Å². The summed E-state index contributed by atoms with van der Waals surface area (Å²) in [5.74, 6) is -5.33. The molecule has 4 rings (SSSR count). The third kappa shape index (κ3) is 20.5. The average Bonchev–Trinajstić information content (AvgIpc) is 3.21. The summed E-state index contributed by atoms with van der Waals surface area (Å²) in [6.45, 7) is 0.207. The second kappa shape index (κ2) is 25.5. The fraction of sp³-hybridized carbons (Fsp3) is 0.364. The SMILES string of the molecule is O=C(CCC(CP(=O)(O)CCCc1ccccc1)C(=O)OCc1ccccc1)OCc1ccccc1.O=C(O)CCC(CP(=O)(O)CCCc1ccccc1)C(=O)O. The van der Waals surface area contributed by atoms with Crippen molar-refractivity contribution in [3.63, 3.8) is 0 Å². The number of rotatable bonds is 24. The van der Waals surface area contributed by atoms with Crippen LogP contribution in [0.1, 0.15) is 60.8 Å². The predicted octanol–water partition coefficient (Wildman–Crippen LogP) is 8.23. The number of aryl methyl sites for hydroxylation is 2. The number of hydrogen-bond acceptors (Lipinski definition) is 8. The fourth-order valence-corrected chi connectivity index (χ4v) is 9.76. The van der Waals surface area contributed by atoms with Gasteiger partial charge in [0, 0.05) is 37.5 Å². The van der Waals surface area contributed by atoms with E-state index >= 15 is 0 Å². The molecule has 0 saturated carbocycles. The molecule has 0 aliphatic heterocycles. The van der Waals surface area contributed by atoms with Crippen LogP contribution in [-0.2, 0) is 63.8 Å². The first-order valence-corrected chi connectivity index (χ1v) is 23.3. The summed E-state index contributed by atoms with van der Waals surface area (Å²) in [5, 5.41) is 17.6. The van der Waals surface area contributed by atoms with Crippen molar-refractivity contribution in [3.05, 3.63) is 144 Å². The zero-order valence-corrected chi connectivity index (χ0v) is 34.3. The first-order valence-electron chi connectivity index (χ1n) is 19.3. The Bertz CT molecular complexity index is 1930. The zero-order valence-electron chi connectivity index (χ0n) is 32.6. The van der Waals surface area contributed by atoms with E-state index in [4.69, 9.17) is 19.7 Å². The molecule has 58 heavy (non-hydrogen) atoms. The van der Waals surface area contributed by atoms with E-state index in [0.29, 0.717) is 25.7 Å². The molecule has 4 unspecified atom stereocenters. The van der Waals surface area contributed by atoms with Crippen molar-refractivity contribution >= 4 is 38.6 Å². The number of carboxylic acid groups (broad SMARTS) is 2. The number of esters is 2. The third-order valence-electron chi connectivity index (χ3n) is 9.20. The molecule has 0 spiro atoms. The number of carboxylic acids is 2. The Balaban J connectivity index is 0.000000351. The Morgan fingerprint density at radius 3 is 1.31 bits per heavy atom. The fourth-order valence-electron chi connectivity index (χ4n) is 6.04.